The molecule has 0 spiro atoms. The first-order chi connectivity index (χ1) is 15.8. The van der Waals surface area contributed by atoms with Crippen LogP contribution in [0.25, 0.3) is 38.5 Å². The molecule has 0 amide bonds. The third-order valence-corrected chi connectivity index (χ3v) is 5.43. The van der Waals surface area contributed by atoms with E-state index in [9.17, 15) is 13.2 Å². The van der Waals surface area contributed by atoms with Crippen LogP contribution in [-0.2, 0) is 6.18 Å². The van der Waals surface area contributed by atoms with Gasteiger partial charge in [-0.05, 0) is 57.9 Å². The Hall–Kier alpha value is -4.33. The van der Waals surface area contributed by atoms with Gasteiger partial charge < -0.3 is 11.1 Å². The van der Waals surface area contributed by atoms with E-state index in [4.69, 9.17) is 11.1 Å². The van der Waals surface area contributed by atoms with Gasteiger partial charge in [0.25, 0.3) is 0 Å². The quantitative estimate of drug-likeness (QED) is 0.177. The van der Waals surface area contributed by atoms with Crippen molar-refractivity contribution in [3.63, 3.8) is 0 Å². The number of hydrogen-bond donors (Lipinski definition) is 3. The van der Waals surface area contributed by atoms with Gasteiger partial charge in [-0.15, -0.1) is 0 Å². The summed E-state index contributed by atoms with van der Waals surface area (Å²) < 4.78 is 42.0. The van der Waals surface area contributed by atoms with E-state index in [-0.39, 0.29) is 5.96 Å². The summed E-state index contributed by atoms with van der Waals surface area (Å²) in [7, 11) is 0. The second kappa shape index (κ2) is 7.67. The second-order valence-electron chi connectivity index (χ2n) is 7.63. The van der Waals surface area contributed by atoms with Crippen LogP contribution in [0.1, 0.15) is 5.69 Å². The monoisotopic (exact) mass is 445 g/mol. The number of rotatable bonds is 3. The van der Waals surface area contributed by atoms with E-state index in [1.54, 1.807) is 30.3 Å². The number of nitrogens with one attached hydrogen (secondary N) is 2. The van der Waals surface area contributed by atoms with Crippen LogP contribution in [0.5, 0.6) is 0 Å². The van der Waals surface area contributed by atoms with E-state index in [1.807, 2.05) is 48.5 Å². The number of nitrogens with zero attached hydrogens (tertiary/aromatic N) is 2. The van der Waals surface area contributed by atoms with Gasteiger partial charge in [0.1, 0.15) is 0 Å². The van der Waals surface area contributed by atoms with Crippen LogP contribution >= 0.6 is 0 Å². The van der Waals surface area contributed by atoms with Crippen molar-refractivity contribution < 1.29 is 13.2 Å². The lowest BCUT2D eigenvalue weighted by Gasteiger charge is -2.11. The highest BCUT2D eigenvalue weighted by Crippen LogP contribution is 2.35. The molecular formula is C25H18F3N5. The summed E-state index contributed by atoms with van der Waals surface area (Å²) in [5.74, 6) is -0.231. The number of benzene rings is 4. The minimum absolute atomic E-state index is 0.231. The molecule has 1 aromatic heterocycles. The van der Waals surface area contributed by atoms with E-state index in [0.717, 1.165) is 27.6 Å². The van der Waals surface area contributed by atoms with Gasteiger partial charge in [0.2, 0.25) is 0 Å². The summed E-state index contributed by atoms with van der Waals surface area (Å²) in [6, 6.07) is 25.1. The average molecular weight is 445 g/mol. The highest BCUT2D eigenvalue weighted by atomic mass is 19.4. The SMILES string of the molecule is N=C(N)Nc1ccc(-n2nc(C(F)(F)F)cc2-c2ccc3ccc4ccccc4c3c2)cc1. The van der Waals surface area contributed by atoms with Crippen LogP contribution in [-0.4, -0.2) is 15.7 Å². The Morgan fingerprint density at radius 1 is 0.848 bits per heavy atom. The summed E-state index contributed by atoms with van der Waals surface area (Å²) in [6.45, 7) is 0. The van der Waals surface area contributed by atoms with Crippen molar-refractivity contribution in [3.8, 4) is 16.9 Å². The van der Waals surface area contributed by atoms with Crippen molar-refractivity contribution in [2.24, 2.45) is 5.73 Å². The number of anilines is 1. The third kappa shape index (κ3) is 3.87. The van der Waals surface area contributed by atoms with Crippen molar-refractivity contribution in [1.82, 2.24) is 9.78 Å². The summed E-state index contributed by atoms with van der Waals surface area (Å²) in [5, 5.41) is 17.9. The fourth-order valence-electron chi connectivity index (χ4n) is 3.92. The van der Waals surface area contributed by atoms with Crippen LogP contribution in [0.2, 0.25) is 0 Å². The van der Waals surface area contributed by atoms with Crippen molar-refractivity contribution >= 4 is 33.2 Å². The molecule has 5 nitrogen and oxygen atoms in total. The predicted octanol–water partition coefficient (Wildman–Crippen LogP) is 6.17. The Bertz CT molecular complexity index is 1500. The summed E-state index contributed by atoms with van der Waals surface area (Å²) in [6.07, 6.45) is -4.58. The fourth-order valence-corrected chi connectivity index (χ4v) is 3.92. The minimum Gasteiger partial charge on any atom is -0.370 e. The molecule has 0 saturated carbocycles. The first-order valence-corrected chi connectivity index (χ1v) is 10.1. The highest BCUT2D eigenvalue weighted by molar-refractivity contribution is 6.08. The number of fused-ring (bicyclic) bond motifs is 3. The molecule has 5 aromatic rings. The van der Waals surface area contributed by atoms with E-state index in [0.29, 0.717) is 22.6 Å². The van der Waals surface area contributed by atoms with E-state index < -0.39 is 11.9 Å². The average Bonchev–Trinajstić information content (AvgIpc) is 3.25. The standard InChI is InChI=1S/C25H18F3N5/c26-25(27,28)23-14-22(33(32-23)19-11-9-18(10-12-19)31-24(29)30)17-8-7-16-6-5-15-3-1-2-4-20(15)21(16)13-17/h1-14H,(H4,29,30,31). The molecule has 0 bridgehead atoms. The van der Waals surface area contributed by atoms with Crippen molar-refractivity contribution in [1.29, 1.82) is 5.41 Å². The van der Waals surface area contributed by atoms with Crippen LogP contribution < -0.4 is 11.1 Å². The van der Waals surface area contributed by atoms with Crippen molar-refractivity contribution in [3.05, 3.63) is 90.6 Å². The van der Waals surface area contributed by atoms with Gasteiger partial charge in [-0.2, -0.15) is 18.3 Å². The third-order valence-electron chi connectivity index (χ3n) is 5.43. The summed E-state index contributed by atoms with van der Waals surface area (Å²) >= 11 is 0. The summed E-state index contributed by atoms with van der Waals surface area (Å²) in [5.41, 5.74) is 6.31. The molecule has 5 rings (SSSR count). The fraction of sp³-hybridized carbons (Fsp3) is 0.0400. The maximum atomic E-state index is 13.6. The van der Waals surface area contributed by atoms with Crippen LogP contribution in [0.15, 0.2) is 84.9 Å². The zero-order valence-electron chi connectivity index (χ0n) is 17.2. The molecule has 4 N–H and O–H groups in total. The lowest BCUT2D eigenvalue weighted by Crippen LogP contribution is -2.20. The highest BCUT2D eigenvalue weighted by Gasteiger charge is 2.35. The maximum Gasteiger partial charge on any atom is 0.435 e. The molecule has 0 aliphatic rings. The minimum atomic E-state index is -4.58. The summed E-state index contributed by atoms with van der Waals surface area (Å²) in [4.78, 5) is 0. The molecule has 0 radical (unpaired) electrons. The molecular weight excluding hydrogens is 427 g/mol. The molecule has 0 aliphatic carbocycles. The molecule has 0 aliphatic heterocycles. The number of hydrogen-bond acceptors (Lipinski definition) is 2. The van der Waals surface area contributed by atoms with Crippen LogP contribution in [0.3, 0.4) is 0 Å². The second-order valence-corrected chi connectivity index (χ2v) is 7.63. The molecule has 4 aromatic carbocycles. The van der Waals surface area contributed by atoms with Gasteiger partial charge in [0.05, 0.1) is 11.4 Å². The first-order valence-electron chi connectivity index (χ1n) is 10.1. The molecule has 0 fully saturated rings. The molecule has 1 heterocycles. The Morgan fingerprint density at radius 2 is 1.52 bits per heavy atom. The van der Waals surface area contributed by atoms with E-state index in [2.05, 4.69) is 10.4 Å². The van der Waals surface area contributed by atoms with Gasteiger partial charge >= 0.3 is 6.18 Å². The normalized spacial score (nSPS) is 11.7. The van der Waals surface area contributed by atoms with Crippen molar-refractivity contribution in [2.75, 3.05) is 5.32 Å². The number of nitrogens with two attached hydrogens (primary N) is 1. The Kier molecular flexibility index (Phi) is 4.78. The van der Waals surface area contributed by atoms with E-state index >= 15 is 0 Å². The molecule has 8 heteroatoms. The van der Waals surface area contributed by atoms with Gasteiger partial charge in [-0.25, -0.2) is 4.68 Å². The predicted molar refractivity (Wildman–Crippen MR) is 125 cm³/mol. The Balaban J connectivity index is 1.69. The zero-order valence-corrected chi connectivity index (χ0v) is 17.2. The van der Waals surface area contributed by atoms with E-state index in [1.165, 1.54) is 4.68 Å². The van der Waals surface area contributed by atoms with Gasteiger partial charge in [0.15, 0.2) is 11.7 Å². The maximum absolute atomic E-state index is 13.6. The van der Waals surface area contributed by atoms with Crippen LogP contribution in [0.4, 0.5) is 18.9 Å². The first kappa shape index (κ1) is 20.6. The van der Waals surface area contributed by atoms with Crippen LogP contribution in [0, 0.1) is 5.41 Å². The van der Waals surface area contributed by atoms with Crippen molar-refractivity contribution in [2.45, 2.75) is 6.18 Å². The molecule has 0 atom stereocenters. The Morgan fingerprint density at radius 3 is 2.21 bits per heavy atom. The number of aromatic nitrogens is 2. The molecule has 0 unspecified atom stereocenters. The Labute approximate surface area is 186 Å². The zero-order chi connectivity index (χ0) is 23.2. The van der Waals surface area contributed by atoms with Gasteiger partial charge in [-0.1, -0.05) is 48.5 Å². The largest absolute Gasteiger partial charge is 0.435 e. The van der Waals surface area contributed by atoms with Gasteiger partial charge in [0, 0.05) is 11.3 Å². The van der Waals surface area contributed by atoms with Gasteiger partial charge in [-0.3, -0.25) is 5.41 Å². The number of guanidine groups is 1. The number of halogens is 3. The smallest absolute Gasteiger partial charge is 0.370 e. The topological polar surface area (TPSA) is 79.7 Å². The lowest BCUT2D eigenvalue weighted by atomic mass is 9.99. The molecule has 33 heavy (non-hydrogen) atoms. The lowest BCUT2D eigenvalue weighted by molar-refractivity contribution is -0.141. The number of alkyl halides is 3. The molecule has 0 saturated heterocycles. The molecule has 164 valence electrons.